The molecule has 0 bridgehead atoms. The van der Waals surface area contributed by atoms with E-state index in [0.717, 1.165) is 6.42 Å². The molecule has 0 aliphatic rings. The first kappa shape index (κ1) is 11.9. The summed E-state index contributed by atoms with van der Waals surface area (Å²) in [7, 11) is 0. The van der Waals surface area contributed by atoms with E-state index >= 15 is 0 Å². The van der Waals surface area contributed by atoms with Crippen LogP contribution in [0.15, 0.2) is 12.4 Å². The molecule has 82 valence electrons. The van der Waals surface area contributed by atoms with Gasteiger partial charge in [-0.1, -0.05) is 25.4 Å². The Morgan fingerprint density at radius 2 is 2.27 bits per heavy atom. The molecule has 0 saturated heterocycles. The molecule has 1 aromatic heterocycles. The quantitative estimate of drug-likeness (QED) is 0.743. The molecule has 0 aliphatic carbocycles. The van der Waals surface area contributed by atoms with Crippen molar-refractivity contribution < 1.29 is 9.53 Å². The van der Waals surface area contributed by atoms with Crippen LogP contribution >= 0.6 is 11.6 Å². The maximum atomic E-state index is 11.4. The van der Waals surface area contributed by atoms with Crippen molar-refractivity contribution in [2.24, 2.45) is 5.92 Å². The largest absolute Gasteiger partial charge is 0.461 e. The summed E-state index contributed by atoms with van der Waals surface area (Å²) >= 11 is 5.59. The number of hydrogen-bond donors (Lipinski definition) is 0. The normalized spacial score (nSPS) is 10.4. The van der Waals surface area contributed by atoms with Gasteiger partial charge in [0.2, 0.25) is 0 Å². The Labute approximate surface area is 93.6 Å². The molecule has 0 aliphatic heterocycles. The van der Waals surface area contributed by atoms with Gasteiger partial charge in [0.15, 0.2) is 5.69 Å². The van der Waals surface area contributed by atoms with Crippen molar-refractivity contribution in [3.05, 3.63) is 23.2 Å². The third-order valence-electron chi connectivity index (χ3n) is 1.74. The van der Waals surface area contributed by atoms with E-state index in [4.69, 9.17) is 16.3 Å². The Hall–Kier alpha value is -1.16. The summed E-state index contributed by atoms with van der Waals surface area (Å²) in [4.78, 5) is 18.9. The fraction of sp³-hybridized carbons (Fsp3) is 0.500. The second-order valence-corrected chi connectivity index (χ2v) is 3.93. The summed E-state index contributed by atoms with van der Waals surface area (Å²) < 4.78 is 4.99. The fourth-order valence-electron chi connectivity index (χ4n) is 0.902. The molecule has 1 heterocycles. The molecule has 0 aromatic carbocycles. The highest BCUT2D eigenvalue weighted by Crippen LogP contribution is 2.05. The van der Waals surface area contributed by atoms with Crippen LogP contribution < -0.4 is 0 Å². The Bertz CT molecular complexity index is 342. The molecule has 0 fully saturated rings. The minimum absolute atomic E-state index is 0.145. The van der Waals surface area contributed by atoms with Crippen molar-refractivity contribution in [2.75, 3.05) is 6.61 Å². The molecule has 0 atom stereocenters. The maximum Gasteiger partial charge on any atom is 0.358 e. The second kappa shape index (κ2) is 5.66. The fourth-order valence-corrected chi connectivity index (χ4v) is 1.05. The number of rotatable bonds is 4. The van der Waals surface area contributed by atoms with Gasteiger partial charge in [-0.2, -0.15) is 0 Å². The van der Waals surface area contributed by atoms with E-state index in [1.54, 1.807) is 0 Å². The zero-order chi connectivity index (χ0) is 11.3. The van der Waals surface area contributed by atoms with Gasteiger partial charge >= 0.3 is 5.97 Å². The lowest BCUT2D eigenvalue weighted by Gasteiger charge is -2.05. The number of hydrogen-bond acceptors (Lipinski definition) is 4. The SMILES string of the molecule is CC(C)CCOC(=O)c1cncc(Cl)n1. The van der Waals surface area contributed by atoms with Gasteiger partial charge in [0.05, 0.1) is 19.0 Å². The van der Waals surface area contributed by atoms with E-state index in [9.17, 15) is 4.79 Å². The molecule has 5 heteroatoms. The molecule has 15 heavy (non-hydrogen) atoms. The Morgan fingerprint density at radius 1 is 1.53 bits per heavy atom. The highest BCUT2D eigenvalue weighted by molar-refractivity contribution is 6.29. The predicted molar refractivity (Wildman–Crippen MR) is 56.8 cm³/mol. The zero-order valence-corrected chi connectivity index (χ0v) is 9.49. The number of nitrogens with zero attached hydrogens (tertiary/aromatic N) is 2. The van der Waals surface area contributed by atoms with Gasteiger partial charge in [0.25, 0.3) is 0 Å². The highest BCUT2D eigenvalue weighted by Gasteiger charge is 2.09. The van der Waals surface area contributed by atoms with Gasteiger partial charge in [0.1, 0.15) is 5.15 Å². The summed E-state index contributed by atoms with van der Waals surface area (Å²) in [6, 6.07) is 0. The number of carbonyl (C=O) groups excluding carboxylic acids is 1. The molecule has 4 nitrogen and oxygen atoms in total. The number of esters is 1. The topological polar surface area (TPSA) is 52.1 Å². The van der Waals surface area contributed by atoms with Crippen LogP contribution in [0.2, 0.25) is 5.15 Å². The van der Waals surface area contributed by atoms with E-state index in [-0.39, 0.29) is 10.8 Å². The van der Waals surface area contributed by atoms with Gasteiger partial charge in [-0.05, 0) is 12.3 Å². The smallest absolute Gasteiger partial charge is 0.358 e. The number of ether oxygens (including phenoxy) is 1. The van der Waals surface area contributed by atoms with Crippen LogP contribution in [0.5, 0.6) is 0 Å². The monoisotopic (exact) mass is 228 g/mol. The van der Waals surface area contributed by atoms with E-state index in [1.165, 1.54) is 12.4 Å². The van der Waals surface area contributed by atoms with E-state index < -0.39 is 5.97 Å². The van der Waals surface area contributed by atoms with Crippen molar-refractivity contribution in [1.29, 1.82) is 0 Å². The van der Waals surface area contributed by atoms with Gasteiger partial charge in [-0.25, -0.2) is 9.78 Å². The van der Waals surface area contributed by atoms with Gasteiger partial charge in [-0.15, -0.1) is 0 Å². The molecular weight excluding hydrogens is 216 g/mol. The molecule has 0 amide bonds. The molecule has 0 radical (unpaired) electrons. The third-order valence-corrected chi connectivity index (χ3v) is 1.92. The van der Waals surface area contributed by atoms with Gasteiger partial charge < -0.3 is 4.74 Å². The van der Waals surface area contributed by atoms with Crippen LogP contribution in [0.25, 0.3) is 0 Å². The van der Waals surface area contributed by atoms with Crippen molar-refractivity contribution in [1.82, 2.24) is 9.97 Å². The van der Waals surface area contributed by atoms with E-state index in [0.29, 0.717) is 12.5 Å². The number of carbonyl (C=O) groups is 1. The van der Waals surface area contributed by atoms with Gasteiger partial charge in [0, 0.05) is 0 Å². The Morgan fingerprint density at radius 3 is 2.87 bits per heavy atom. The van der Waals surface area contributed by atoms with Crippen LogP contribution in [-0.2, 0) is 4.74 Å². The van der Waals surface area contributed by atoms with Crippen LogP contribution in [0.3, 0.4) is 0 Å². The lowest BCUT2D eigenvalue weighted by Crippen LogP contribution is -2.10. The van der Waals surface area contributed by atoms with E-state index in [2.05, 4.69) is 23.8 Å². The van der Waals surface area contributed by atoms with Crippen molar-refractivity contribution in [3.63, 3.8) is 0 Å². The summed E-state index contributed by atoms with van der Waals surface area (Å²) in [6.07, 6.45) is 3.54. The minimum Gasteiger partial charge on any atom is -0.461 e. The van der Waals surface area contributed by atoms with Crippen molar-refractivity contribution in [2.45, 2.75) is 20.3 Å². The first-order chi connectivity index (χ1) is 7.09. The first-order valence-electron chi connectivity index (χ1n) is 4.74. The minimum atomic E-state index is -0.481. The molecule has 0 unspecified atom stereocenters. The summed E-state index contributed by atoms with van der Waals surface area (Å²) in [5, 5.41) is 0.188. The molecule has 1 aromatic rings. The average Bonchev–Trinajstić information content (AvgIpc) is 2.17. The molecule has 0 spiro atoms. The lowest BCUT2D eigenvalue weighted by atomic mass is 10.1. The van der Waals surface area contributed by atoms with Crippen LogP contribution in [0.1, 0.15) is 30.8 Å². The Balaban J connectivity index is 2.47. The number of halogens is 1. The summed E-state index contributed by atoms with van der Waals surface area (Å²) in [5.74, 6) is 0.0221. The summed E-state index contributed by atoms with van der Waals surface area (Å²) in [5.41, 5.74) is 0.145. The summed E-state index contributed by atoms with van der Waals surface area (Å²) in [6.45, 7) is 4.52. The highest BCUT2D eigenvalue weighted by atomic mass is 35.5. The lowest BCUT2D eigenvalue weighted by molar-refractivity contribution is 0.0480. The maximum absolute atomic E-state index is 11.4. The van der Waals surface area contributed by atoms with Crippen molar-refractivity contribution in [3.8, 4) is 0 Å². The standard InChI is InChI=1S/C10H13ClN2O2/c1-7(2)3-4-15-10(14)8-5-12-6-9(11)13-8/h5-7H,3-4H2,1-2H3. The van der Waals surface area contributed by atoms with Crippen LogP contribution in [0, 0.1) is 5.92 Å². The number of aromatic nitrogens is 2. The van der Waals surface area contributed by atoms with Crippen LogP contribution in [-0.4, -0.2) is 22.5 Å². The van der Waals surface area contributed by atoms with E-state index in [1.807, 2.05) is 0 Å². The second-order valence-electron chi connectivity index (χ2n) is 3.55. The average molecular weight is 229 g/mol. The first-order valence-corrected chi connectivity index (χ1v) is 5.12. The molecule has 0 saturated carbocycles. The predicted octanol–water partition coefficient (Wildman–Crippen LogP) is 2.33. The van der Waals surface area contributed by atoms with Crippen molar-refractivity contribution >= 4 is 17.6 Å². The Kier molecular flexibility index (Phi) is 4.49. The van der Waals surface area contributed by atoms with Gasteiger partial charge in [-0.3, -0.25) is 4.98 Å². The molecule has 0 N–H and O–H groups in total. The third kappa shape index (κ3) is 4.25. The molecular formula is C10H13ClN2O2. The molecule has 1 rings (SSSR count). The van der Waals surface area contributed by atoms with Crippen LogP contribution in [0.4, 0.5) is 0 Å². The zero-order valence-electron chi connectivity index (χ0n) is 8.74.